The van der Waals surface area contributed by atoms with Crippen molar-refractivity contribution in [3.8, 4) is 5.82 Å². The maximum atomic E-state index is 12.5. The second-order valence-electron chi connectivity index (χ2n) is 7.49. The molecule has 4 rings (SSSR count). The van der Waals surface area contributed by atoms with Crippen molar-refractivity contribution in [2.45, 2.75) is 26.9 Å². The van der Waals surface area contributed by atoms with Crippen molar-refractivity contribution in [2.75, 3.05) is 5.32 Å². The van der Waals surface area contributed by atoms with Crippen molar-refractivity contribution >= 4 is 23.3 Å². The van der Waals surface area contributed by atoms with E-state index < -0.39 is 0 Å². The molecule has 158 valence electrons. The Balaban J connectivity index is 1.60. The molecule has 0 spiro atoms. The van der Waals surface area contributed by atoms with Crippen LogP contribution in [0, 0.1) is 13.8 Å². The molecule has 0 unspecified atom stereocenters. The predicted octanol–water partition coefficient (Wildman–Crippen LogP) is 5.92. The first-order chi connectivity index (χ1) is 15.0. The number of halogens is 1. The summed E-state index contributed by atoms with van der Waals surface area (Å²) in [5, 5.41) is 6.48. The number of rotatable bonds is 6. The normalized spacial score (nSPS) is 10.8. The van der Waals surface area contributed by atoms with Gasteiger partial charge in [-0.15, -0.1) is 0 Å². The summed E-state index contributed by atoms with van der Waals surface area (Å²) in [6, 6.07) is 21.2. The lowest BCUT2D eigenvalue weighted by atomic mass is 10.1. The maximum absolute atomic E-state index is 12.5. The van der Waals surface area contributed by atoms with Gasteiger partial charge in [-0.3, -0.25) is 0 Å². The Morgan fingerprint density at radius 1 is 0.935 bits per heavy atom. The highest BCUT2D eigenvalue weighted by molar-refractivity contribution is 6.30. The van der Waals surface area contributed by atoms with E-state index in [0.29, 0.717) is 17.3 Å². The summed E-state index contributed by atoms with van der Waals surface area (Å²) in [4.78, 5) is 12.5. The molecule has 2 aromatic carbocycles. The first-order valence-electron chi connectivity index (χ1n) is 10.2. The summed E-state index contributed by atoms with van der Waals surface area (Å²) < 4.78 is 4.41. The number of anilines is 1. The molecule has 6 heteroatoms. The Labute approximate surface area is 187 Å². The van der Waals surface area contributed by atoms with E-state index in [1.54, 1.807) is 24.3 Å². The van der Waals surface area contributed by atoms with E-state index in [2.05, 4.69) is 57.9 Å². The molecule has 0 saturated carbocycles. The molecule has 2 amide bonds. The molecule has 2 aromatic heterocycles. The Bertz CT molecular complexity index is 1160. The third-order valence-electron chi connectivity index (χ3n) is 5.49. The van der Waals surface area contributed by atoms with Gasteiger partial charge < -0.3 is 19.8 Å². The number of nitrogens with zero attached hydrogens (tertiary/aromatic N) is 2. The molecule has 0 atom stereocenters. The van der Waals surface area contributed by atoms with Crippen molar-refractivity contribution in [1.82, 2.24) is 14.5 Å². The van der Waals surface area contributed by atoms with Crippen LogP contribution in [0.1, 0.15) is 22.4 Å². The van der Waals surface area contributed by atoms with E-state index >= 15 is 0 Å². The number of carbonyl (C=O) groups excluding carboxylic acids is 1. The van der Waals surface area contributed by atoms with Gasteiger partial charge in [0.05, 0.1) is 0 Å². The number of nitrogens with one attached hydrogen (secondary N) is 2. The van der Waals surface area contributed by atoms with Crippen molar-refractivity contribution in [3.63, 3.8) is 0 Å². The molecular weight excluding hydrogens is 408 g/mol. The topological polar surface area (TPSA) is 51.0 Å². The number of aromatic nitrogens is 2. The van der Waals surface area contributed by atoms with Gasteiger partial charge in [-0.1, -0.05) is 41.9 Å². The molecule has 2 N–H and O–H groups in total. The van der Waals surface area contributed by atoms with Gasteiger partial charge >= 0.3 is 6.03 Å². The van der Waals surface area contributed by atoms with E-state index in [0.717, 1.165) is 17.9 Å². The quantitative estimate of drug-likeness (QED) is 0.390. The lowest BCUT2D eigenvalue weighted by molar-refractivity contribution is 0.251. The van der Waals surface area contributed by atoms with Gasteiger partial charge in [0.1, 0.15) is 5.82 Å². The van der Waals surface area contributed by atoms with Crippen LogP contribution >= 0.6 is 11.6 Å². The van der Waals surface area contributed by atoms with Crippen LogP contribution in [0.15, 0.2) is 79.1 Å². The predicted molar refractivity (Wildman–Crippen MR) is 126 cm³/mol. The molecule has 0 fully saturated rings. The molecule has 2 heterocycles. The van der Waals surface area contributed by atoms with E-state index in [4.69, 9.17) is 11.6 Å². The zero-order chi connectivity index (χ0) is 21.8. The number of hydrogen-bond donors (Lipinski definition) is 2. The zero-order valence-corrected chi connectivity index (χ0v) is 18.4. The Hall–Kier alpha value is -3.44. The first-order valence-corrected chi connectivity index (χ1v) is 10.6. The Kier molecular flexibility index (Phi) is 6.14. The van der Waals surface area contributed by atoms with Gasteiger partial charge in [0, 0.05) is 47.5 Å². The standard InChI is InChI=1S/C25H25ClN4O/c1-18-19(2)30(17-20-8-4-3-5-9-20)24(29-14-6-7-15-29)23(18)16-27-25(31)28-22-12-10-21(26)11-13-22/h3-15H,16-17H2,1-2H3,(H2,27,28,31). The smallest absolute Gasteiger partial charge is 0.319 e. The number of urea groups is 1. The van der Waals surface area contributed by atoms with Crippen LogP contribution in [0.2, 0.25) is 5.02 Å². The van der Waals surface area contributed by atoms with Crippen LogP contribution < -0.4 is 10.6 Å². The van der Waals surface area contributed by atoms with Crippen molar-refractivity contribution in [2.24, 2.45) is 0 Å². The minimum atomic E-state index is -0.256. The lowest BCUT2D eigenvalue weighted by Crippen LogP contribution is -2.28. The summed E-state index contributed by atoms with van der Waals surface area (Å²) >= 11 is 5.92. The van der Waals surface area contributed by atoms with Crippen LogP contribution in [0.5, 0.6) is 0 Å². The van der Waals surface area contributed by atoms with Crippen LogP contribution in [0.25, 0.3) is 5.82 Å². The SMILES string of the molecule is Cc1c(CNC(=O)Nc2ccc(Cl)cc2)c(-n2cccc2)n(Cc2ccccc2)c1C. The minimum Gasteiger partial charge on any atom is -0.334 e. The van der Waals surface area contributed by atoms with Gasteiger partial charge in [-0.2, -0.15) is 0 Å². The molecule has 5 nitrogen and oxygen atoms in total. The van der Waals surface area contributed by atoms with Crippen molar-refractivity contribution in [1.29, 1.82) is 0 Å². The molecule has 0 saturated heterocycles. The summed E-state index contributed by atoms with van der Waals surface area (Å²) in [6.45, 7) is 5.42. The van der Waals surface area contributed by atoms with Crippen molar-refractivity contribution in [3.05, 3.63) is 107 Å². The second-order valence-corrected chi connectivity index (χ2v) is 7.93. The average molecular weight is 433 g/mol. The number of amides is 2. The number of benzene rings is 2. The van der Waals surface area contributed by atoms with Gasteiger partial charge in [-0.25, -0.2) is 4.79 Å². The third-order valence-corrected chi connectivity index (χ3v) is 5.74. The fraction of sp³-hybridized carbons (Fsp3) is 0.160. The summed E-state index contributed by atoms with van der Waals surface area (Å²) in [7, 11) is 0. The summed E-state index contributed by atoms with van der Waals surface area (Å²) in [5.41, 5.74) is 5.38. The minimum absolute atomic E-state index is 0.256. The summed E-state index contributed by atoms with van der Waals surface area (Å²) in [6.07, 6.45) is 4.07. The van der Waals surface area contributed by atoms with Gasteiger partial charge in [-0.05, 0) is 61.4 Å². The highest BCUT2D eigenvalue weighted by atomic mass is 35.5. The first kappa shape index (κ1) is 20.8. The van der Waals surface area contributed by atoms with Crippen LogP contribution in [-0.2, 0) is 13.1 Å². The number of carbonyl (C=O) groups is 1. The summed E-state index contributed by atoms with van der Waals surface area (Å²) in [5.74, 6) is 1.07. The molecule has 0 aliphatic heterocycles. The third kappa shape index (κ3) is 4.67. The van der Waals surface area contributed by atoms with E-state index in [9.17, 15) is 4.79 Å². The Morgan fingerprint density at radius 2 is 1.61 bits per heavy atom. The highest BCUT2D eigenvalue weighted by Crippen LogP contribution is 2.27. The van der Waals surface area contributed by atoms with Gasteiger partial charge in [0.2, 0.25) is 0 Å². The van der Waals surface area contributed by atoms with Crippen LogP contribution in [0.3, 0.4) is 0 Å². The molecule has 0 aliphatic rings. The maximum Gasteiger partial charge on any atom is 0.319 e. The van der Waals surface area contributed by atoms with E-state index in [1.165, 1.54) is 16.8 Å². The number of hydrogen-bond acceptors (Lipinski definition) is 1. The zero-order valence-electron chi connectivity index (χ0n) is 17.6. The lowest BCUT2D eigenvalue weighted by Gasteiger charge is -2.15. The largest absolute Gasteiger partial charge is 0.334 e. The van der Waals surface area contributed by atoms with Crippen molar-refractivity contribution < 1.29 is 4.79 Å². The average Bonchev–Trinajstić information content (AvgIpc) is 3.38. The fourth-order valence-electron chi connectivity index (χ4n) is 3.73. The molecule has 31 heavy (non-hydrogen) atoms. The molecule has 0 bridgehead atoms. The van der Waals surface area contributed by atoms with Gasteiger partial charge in [0.25, 0.3) is 0 Å². The monoisotopic (exact) mass is 432 g/mol. The molecular formula is C25H25ClN4O. The Morgan fingerprint density at radius 3 is 2.29 bits per heavy atom. The fourth-order valence-corrected chi connectivity index (χ4v) is 3.86. The van der Waals surface area contributed by atoms with Crippen LogP contribution in [0.4, 0.5) is 10.5 Å². The van der Waals surface area contributed by atoms with Crippen LogP contribution in [-0.4, -0.2) is 15.2 Å². The molecule has 0 aliphatic carbocycles. The van der Waals surface area contributed by atoms with Gasteiger partial charge in [0.15, 0.2) is 0 Å². The molecule has 4 aromatic rings. The second kappa shape index (κ2) is 9.14. The van der Waals surface area contributed by atoms with E-state index in [1.807, 2.05) is 30.6 Å². The van der Waals surface area contributed by atoms with E-state index in [-0.39, 0.29) is 6.03 Å². The molecule has 0 radical (unpaired) electrons. The highest BCUT2D eigenvalue weighted by Gasteiger charge is 2.19.